The molecule has 1 aromatic carbocycles. The molecule has 0 aliphatic carbocycles. The number of nitrogens with zero attached hydrogens (tertiary/aromatic N) is 1. The van der Waals surface area contributed by atoms with E-state index in [9.17, 15) is 5.11 Å². The van der Waals surface area contributed by atoms with E-state index in [1.54, 1.807) is 12.1 Å². The third kappa shape index (κ3) is 4.86. The number of phenolic OH excluding ortho intramolecular Hbond substituents is 1. The first-order valence-electron chi connectivity index (χ1n) is 7.07. The van der Waals surface area contributed by atoms with E-state index < -0.39 is 0 Å². The zero-order chi connectivity index (χ0) is 14.3. The summed E-state index contributed by atoms with van der Waals surface area (Å²) in [7, 11) is 0. The molecule has 2 N–H and O–H groups in total. The average molecular weight is 262 g/mol. The van der Waals surface area contributed by atoms with Crippen LogP contribution in [-0.4, -0.2) is 23.1 Å². The largest absolute Gasteiger partial charge is 0.508 e. The van der Waals surface area contributed by atoms with Crippen molar-refractivity contribution in [1.82, 2.24) is 10.2 Å². The summed E-state index contributed by atoms with van der Waals surface area (Å²) < 4.78 is 0. The smallest absolute Gasteiger partial charge is 0.115 e. The third-order valence-electron chi connectivity index (χ3n) is 3.14. The molecule has 3 nitrogen and oxygen atoms in total. The van der Waals surface area contributed by atoms with Crippen LogP contribution in [-0.2, 0) is 0 Å². The van der Waals surface area contributed by atoms with Gasteiger partial charge in [-0.25, -0.2) is 0 Å². The molecular formula is C16H26N2O. The Labute approximate surface area is 116 Å². The Morgan fingerprint density at radius 1 is 1.21 bits per heavy atom. The first kappa shape index (κ1) is 15.4. The van der Waals surface area contributed by atoms with E-state index in [0.717, 1.165) is 37.3 Å². The van der Waals surface area contributed by atoms with E-state index in [-0.39, 0.29) is 6.04 Å². The number of benzene rings is 1. The molecule has 0 aliphatic rings. The zero-order valence-electron chi connectivity index (χ0n) is 12.3. The fourth-order valence-corrected chi connectivity index (χ4v) is 2.11. The fourth-order valence-electron chi connectivity index (χ4n) is 2.11. The van der Waals surface area contributed by atoms with Crippen LogP contribution in [0, 0.1) is 0 Å². The molecule has 1 aromatic rings. The van der Waals surface area contributed by atoms with Gasteiger partial charge in [0.05, 0.1) is 5.82 Å². The summed E-state index contributed by atoms with van der Waals surface area (Å²) in [5.74, 6) is 1.28. The fraction of sp³-hybridized carbons (Fsp3) is 0.500. The van der Waals surface area contributed by atoms with Crippen molar-refractivity contribution in [2.45, 2.75) is 39.7 Å². The average Bonchev–Trinajstić information content (AvgIpc) is 2.39. The van der Waals surface area contributed by atoms with Gasteiger partial charge in [-0.15, -0.1) is 0 Å². The Morgan fingerprint density at radius 2 is 1.74 bits per heavy atom. The Bertz CT molecular complexity index is 380. The number of rotatable bonds is 8. The normalized spacial score (nSPS) is 11.9. The number of phenols is 1. The van der Waals surface area contributed by atoms with Gasteiger partial charge in [-0.2, -0.15) is 0 Å². The maximum absolute atomic E-state index is 9.30. The summed E-state index contributed by atoms with van der Waals surface area (Å²) in [5, 5.41) is 12.7. The van der Waals surface area contributed by atoms with E-state index in [2.05, 4.69) is 37.6 Å². The second-order valence-electron chi connectivity index (χ2n) is 4.89. The first-order chi connectivity index (χ1) is 9.08. The summed E-state index contributed by atoms with van der Waals surface area (Å²) in [5.41, 5.74) is 1.15. The molecule has 0 radical (unpaired) electrons. The van der Waals surface area contributed by atoms with Gasteiger partial charge in [-0.1, -0.05) is 32.6 Å². The van der Waals surface area contributed by atoms with Gasteiger partial charge in [-0.05, 0) is 37.5 Å². The maximum Gasteiger partial charge on any atom is 0.115 e. The second kappa shape index (κ2) is 7.72. The molecule has 3 heteroatoms. The van der Waals surface area contributed by atoms with Crippen LogP contribution in [0.4, 0.5) is 0 Å². The lowest BCUT2D eigenvalue weighted by Crippen LogP contribution is -2.33. The van der Waals surface area contributed by atoms with Crippen molar-refractivity contribution in [2.24, 2.45) is 0 Å². The zero-order valence-corrected chi connectivity index (χ0v) is 12.3. The van der Waals surface area contributed by atoms with Crippen LogP contribution in [0.15, 0.2) is 36.7 Å². The van der Waals surface area contributed by atoms with E-state index in [1.807, 2.05) is 12.1 Å². The summed E-state index contributed by atoms with van der Waals surface area (Å²) in [6, 6.07) is 7.48. The molecule has 1 atom stereocenters. The molecule has 19 heavy (non-hydrogen) atoms. The standard InChI is InChI=1S/C16H26N2O/c1-5-11-18(12-6-2)14(4)17-13(3)15-7-9-16(19)10-8-15/h7-10,13,17,19H,4-6,11-12H2,1-3H3. The molecule has 1 rings (SSSR count). The highest BCUT2D eigenvalue weighted by atomic mass is 16.3. The number of hydrogen-bond acceptors (Lipinski definition) is 3. The van der Waals surface area contributed by atoms with Crippen molar-refractivity contribution in [3.63, 3.8) is 0 Å². The van der Waals surface area contributed by atoms with Crippen molar-refractivity contribution < 1.29 is 5.11 Å². The number of aromatic hydroxyl groups is 1. The highest BCUT2D eigenvalue weighted by molar-refractivity contribution is 5.28. The predicted molar refractivity (Wildman–Crippen MR) is 81.0 cm³/mol. The molecule has 0 aromatic heterocycles. The topological polar surface area (TPSA) is 35.5 Å². The monoisotopic (exact) mass is 262 g/mol. The molecule has 0 saturated carbocycles. The summed E-state index contributed by atoms with van der Waals surface area (Å²) >= 11 is 0. The van der Waals surface area contributed by atoms with Gasteiger partial charge in [0.2, 0.25) is 0 Å². The third-order valence-corrected chi connectivity index (χ3v) is 3.14. The Morgan fingerprint density at radius 3 is 2.21 bits per heavy atom. The molecule has 0 saturated heterocycles. The molecule has 106 valence electrons. The van der Waals surface area contributed by atoms with Crippen LogP contribution in [0.1, 0.15) is 45.2 Å². The second-order valence-corrected chi connectivity index (χ2v) is 4.89. The summed E-state index contributed by atoms with van der Waals surface area (Å²) in [6.45, 7) is 12.7. The summed E-state index contributed by atoms with van der Waals surface area (Å²) in [6.07, 6.45) is 2.24. The van der Waals surface area contributed by atoms with Gasteiger partial charge in [-0.3, -0.25) is 0 Å². The molecule has 0 heterocycles. The van der Waals surface area contributed by atoms with Crippen LogP contribution in [0.25, 0.3) is 0 Å². The number of hydrogen-bond donors (Lipinski definition) is 2. The van der Waals surface area contributed by atoms with Crippen molar-refractivity contribution in [1.29, 1.82) is 0 Å². The van der Waals surface area contributed by atoms with Crippen molar-refractivity contribution in [3.05, 3.63) is 42.2 Å². The van der Waals surface area contributed by atoms with Gasteiger partial charge in [0, 0.05) is 19.1 Å². The minimum absolute atomic E-state index is 0.185. The van der Waals surface area contributed by atoms with Gasteiger partial charge >= 0.3 is 0 Å². The van der Waals surface area contributed by atoms with Crippen LogP contribution in [0.2, 0.25) is 0 Å². The highest BCUT2D eigenvalue weighted by Crippen LogP contribution is 2.18. The van der Waals surface area contributed by atoms with Crippen molar-refractivity contribution >= 4 is 0 Å². The minimum atomic E-state index is 0.185. The van der Waals surface area contributed by atoms with Gasteiger partial charge in [0.15, 0.2) is 0 Å². The van der Waals surface area contributed by atoms with Crippen molar-refractivity contribution in [2.75, 3.05) is 13.1 Å². The van der Waals surface area contributed by atoms with Crippen LogP contribution in [0.3, 0.4) is 0 Å². The molecule has 0 spiro atoms. The van der Waals surface area contributed by atoms with Gasteiger partial charge < -0.3 is 15.3 Å². The Kier molecular flexibility index (Phi) is 6.26. The molecular weight excluding hydrogens is 236 g/mol. The lowest BCUT2D eigenvalue weighted by atomic mass is 10.1. The van der Waals surface area contributed by atoms with Crippen molar-refractivity contribution in [3.8, 4) is 5.75 Å². The molecule has 0 amide bonds. The number of nitrogens with one attached hydrogen (secondary N) is 1. The lowest BCUT2D eigenvalue weighted by molar-refractivity contribution is 0.312. The lowest BCUT2D eigenvalue weighted by Gasteiger charge is -2.29. The molecule has 0 bridgehead atoms. The van der Waals surface area contributed by atoms with Crippen LogP contribution < -0.4 is 5.32 Å². The molecule has 1 unspecified atom stereocenters. The van der Waals surface area contributed by atoms with Gasteiger partial charge in [0.1, 0.15) is 5.75 Å². The van der Waals surface area contributed by atoms with E-state index >= 15 is 0 Å². The quantitative estimate of drug-likeness (QED) is 0.751. The Balaban J connectivity index is 2.61. The van der Waals surface area contributed by atoms with Gasteiger partial charge in [0.25, 0.3) is 0 Å². The van der Waals surface area contributed by atoms with Crippen LogP contribution >= 0.6 is 0 Å². The van der Waals surface area contributed by atoms with Crippen LogP contribution in [0.5, 0.6) is 5.75 Å². The molecule has 0 aliphatic heterocycles. The minimum Gasteiger partial charge on any atom is -0.508 e. The SMILES string of the molecule is C=C(NC(C)c1ccc(O)cc1)N(CCC)CCC. The van der Waals surface area contributed by atoms with E-state index in [0.29, 0.717) is 5.75 Å². The highest BCUT2D eigenvalue weighted by Gasteiger charge is 2.10. The maximum atomic E-state index is 9.30. The first-order valence-corrected chi connectivity index (χ1v) is 7.07. The molecule has 0 fully saturated rings. The van der Waals surface area contributed by atoms with E-state index in [4.69, 9.17) is 0 Å². The summed E-state index contributed by atoms with van der Waals surface area (Å²) in [4.78, 5) is 2.29. The Hall–Kier alpha value is -1.64. The van der Waals surface area contributed by atoms with E-state index in [1.165, 1.54) is 0 Å². The predicted octanol–water partition coefficient (Wildman–Crippen LogP) is 3.64.